The molecule has 1 N–H and O–H groups in total. The molecular weight excluding hydrogens is 310 g/mol. The van der Waals surface area contributed by atoms with Crippen LogP contribution in [-0.4, -0.2) is 14.3 Å². The number of hydrogen-bond acceptors (Lipinski definition) is 3. The third kappa shape index (κ3) is 4.20. The molecule has 21 heavy (non-hydrogen) atoms. The van der Waals surface area contributed by atoms with Gasteiger partial charge < -0.3 is 5.32 Å². The topological polar surface area (TPSA) is 63.2 Å². The minimum Gasteiger partial charge on any atom is -0.326 e. The van der Waals surface area contributed by atoms with E-state index in [-0.39, 0.29) is 16.7 Å². The fraction of sp³-hybridized carbons (Fsp3) is 0.533. The quantitative estimate of drug-likeness (QED) is 0.860. The van der Waals surface area contributed by atoms with E-state index in [1.165, 1.54) is 6.07 Å². The second-order valence-electron chi connectivity index (χ2n) is 5.86. The van der Waals surface area contributed by atoms with Crippen LogP contribution in [0, 0.1) is 18.8 Å². The number of amides is 1. The molecule has 1 saturated carbocycles. The smallest absolute Gasteiger partial charge is 0.261 e. The molecule has 1 aromatic rings. The number of halogens is 1. The van der Waals surface area contributed by atoms with Crippen molar-refractivity contribution < 1.29 is 13.2 Å². The molecule has 116 valence electrons. The minimum absolute atomic E-state index is 0.0165. The van der Waals surface area contributed by atoms with Crippen LogP contribution in [0.2, 0.25) is 0 Å². The van der Waals surface area contributed by atoms with Crippen molar-refractivity contribution in [2.24, 2.45) is 11.8 Å². The van der Waals surface area contributed by atoms with Gasteiger partial charge in [0.2, 0.25) is 5.91 Å². The van der Waals surface area contributed by atoms with Crippen LogP contribution in [0.25, 0.3) is 0 Å². The number of aryl methyl sites for hydroxylation is 1. The standard InChI is InChI=1S/C15H20ClNO3S/c1-10-3-5-12(6-4-10)15(18)17-13-7-8-14(11(2)9-13)21(16,19)20/h7-10,12H,3-6H2,1-2H3,(H,17,18). The molecule has 1 aliphatic carbocycles. The Labute approximate surface area is 130 Å². The highest BCUT2D eigenvalue weighted by Gasteiger charge is 2.24. The number of anilines is 1. The van der Waals surface area contributed by atoms with Gasteiger partial charge in [-0.2, -0.15) is 0 Å². The van der Waals surface area contributed by atoms with E-state index >= 15 is 0 Å². The molecule has 0 aromatic heterocycles. The molecule has 1 aliphatic rings. The van der Waals surface area contributed by atoms with E-state index in [4.69, 9.17) is 10.7 Å². The van der Waals surface area contributed by atoms with E-state index in [1.54, 1.807) is 19.1 Å². The van der Waals surface area contributed by atoms with Crippen molar-refractivity contribution in [3.05, 3.63) is 23.8 Å². The third-order valence-electron chi connectivity index (χ3n) is 4.09. The van der Waals surface area contributed by atoms with E-state index in [0.717, 1.165) is 25.7 Å². The Morgan fingerprint density at radius 2 is 1.86 bits per heavy atom. The third-order valence-corrected chi connectivity index (χ3v) is 5.57. The molecule has 0 heterocycles. The van der Waals surface area contributed by atoms with E-state index in [0.29, 0.717) is 17.2 Å². The summed E-state index contributed by atoms with van der Waals surface area (Å²) >= 11 is 0. The molecule has 1 aromatic carbocycles. The molecule has 0 saturated heterocycles. The van der Waals surface area contributed by atoms with E-state index in [9.17, 15) is 13.2 Å². The molecule has 0 aliphatic heterocycles. The van der Waals surface area contributed by atoms with Crippen molar-refractivity contribution in [2.75, 3.05) is 5.32 Å². The minimum atomic E-state index is -3.75. The number of hydrogen-bond donors (Lipinski definition) is 1. The van der Waals surface area contributed by atoms with E-state index in [2.05, 4.69) is 12.2 Å². The van der Waals surface area contributed by atoms with Gasteiger partial charge in [-0.05, 0) is 62.3 Å². The Morgan fingerprint density at radius 3 is 2.38 bits per heavy atom. The van der Waals surface area contributed by atoms with Crippen LogP contribution < -0.4 is 5.32 Å². The van der Waals surface area contributed by atoms with Gasteiger partial charge in [0.05, 0.1) is 4.90 Å². The maximum Gasteiger partial charge on any atom is 0.261 e. The molecule has 0 atom stereocenters. The van der Waals surface area contributed by atoms with Crippen molar-refractivity contribution >= 4 is 31.3 Å². The fourth-order valence-corrected chi connectivity index (χ4v) is 3.96. The highest BCUT2D eigenvalue weighted by molar-refractivity contribution is 8.13. The summed E-state index contributed by atoms with van der Waals surface area (Å²) < 4.78 is 22.7. The van der Waals surface area contributed by atoms with Gasteiger partial charge in [-0.15, -0.1) is 0 Å². The summed E-state index contributed by atoms with van der Waals surface area (Å²) in [5.41, 5.74) is 1.14. The summed E-state index contributed by atoms with van der Waals surface area (Å²) in [6, 6.07) is 4.64. The molecule has 2 rings (SSSR count). The number of rotatable bonds is 3. The monoisotopic (exact) mass is 329 g/mol. The first-order chi connectivity index (χ1) is 9.77. The maximum atomic E-state index is 12.2. The highest BCUT2D eigenvalue weighted by Crippen LogP contribution is 2.29. The van der Waals surface area contributed by atoms with Crippen LogP contribution in [0.4, 0.5) is 5.69 Å². The molecule has 6 heteroatoms. The first-order valence-corrected chi connectivity index (χ1v) is 9.44. The van der Waals surface area contributed by atoms with Crippen LogP contribution in [0.3, 0.4) is 0 Å². The van der Waals surface area contributed by atoms with Gasteiger partial charge >= 0.3 is 0 Å². The summed E-state index contributed by atoms with van der Waals surface area (Å²) in [6.45, 7) is 3.87. The first kappa shape index (κ1) is 16.3. The second kappa shape index (κ2) is 6.36. The van der Waals surface area contributed by atoms with Gasteiger partial charge in [-0.3, -0.25) is 4.79 Å². The Morgan fingerprint density at radius 1 is 1.24 bits per heavy atom. The van der Waals surface area contributed by atoms with Crippen molar-refractivity contribution in [2.45, 2.75) is 44.4 Å². The average molecular weight is 330 g/mol. The lowest BCUT2D eigenvalue weighted by Gasteiger charge is -2.25. The Kier molecular flexibility index (Phi) is 4.94. The van der Waals surface area contributed by atoms with Crippen molar-refractivity contribution in [1.82, 2.24) is 0 Å². The summed E-state index contributed by atoms with van der Waals surface area (Å²) in [5.74, 6) is 0.769. The molecule has 0 radical (unpaired) electrons. The molecule has 0 spiro atoms. The van der Waals surface area contributed by atoms with Gasteiger partial charge in [-0.1, -0.05) is 6.92 Å². The fourth-order valence-electron chi connectivity index (χ4n) is 2.77. The Hall–Kier alpha value is -1.07. The largest absolute Gasteiger partial charge is 0.326 e. The number of nitrogens with one attached hydrogen (secondary N) is 1. The summed E-state index contributed by atoms with van der Waals surface area (Å²) in [4.78, 5) is 12.3. The van der Waals surface area contributed by atoms with Crippen LogP contribution in [0.15, 0.2) is 23.1 Å². The lowest BCUT2D eigenvalue weighted by molar-refractivity contribution is -0.121. The predicted molar refractivity (Wildman–Crippen MR) is 84.0 cm³/mol. The molecular formula is C15H20ClNO3S. The van der Waals surface area contributed by atoms with E-state index in [1.807, 2.05) is 0 Å². The number of carbonyl (C=O) groups excluding carboxylic acids is 1. The van der Waals surface area contributed by atoms with E-state index < -0.39 is 9.05 Å². The summed E-state index contributed by atoms with van der Waals surface area (Å²) in [7, 11) is 1.60. The Bertz CT molecular complexity index is 634. The van der Waals surface area contributed by atoms with Crippen LogP contribution in [0.5, 0.6) is 0 Å². The first-order valence-electron chi connectivity index (χ1n) is 7.13. The van der Waals surface area contributed by atoms with Gasteiger partial charge in [0.25, 0.3) is 9.05 Å². The SMILES string of the molecule is Cc1cc(NC(=O)C2CCC(C)CC2)ccc1S(=O)(=O)Cl. The van der Waals surface area contributed by atoms with Crippen LogP contribution in [0.1, 0.15) is 38.2 Å². The number of benzene rings is 1. The average Bonchev–Trinajstić information content (AvgIpc) is 2.37. The normalized spacial score (nSPS) is 22.8. The lowest BCUT2D eigenvalue weighted by atomic mass is 9.82. The van der Waals surface area contributed by atoms with Crippen molar-refractivity contribution in [3.63, 3.8) is 0 Å². The zero-order valence-corrected chi connectivity index (χ0v) is 13.8. The molecule has 1 amide bonds. The van der Waals surface area contributed by atoms with Gasteiger partial charge in [0, 0.05) is 22.3 Å². The van der Waals surface area contributed by atoms with Gasteiger partial charge in [-0.25, -0.2) is 8.42 Å². The molecule has 4 nitrogen and oxygen atoms in total. The Balaban J connectivity index is 2.07. The van der Waals surface area contributed by atoms with Crippen molar-refractivity contribution in [1.29, 1.82) is 0 Å². The zero-order chi connectivity index (χ0) is 15.6. The predicted octanol–water partition coefficient (Wildman–Crippen LogP) is 3.69. The van der Waals surface area contributed by atoms with Crippen LogP contribution in [-0.2, 0) is 13.8 Å². The number of carbonyl (C=O) groups is 1. The van der Waals surface area contributed by atoms with Crippen LogP contribution >= 0.6 is 10.7 Å². The van der Waals surface area contributed by atoms with Gasteiger partial charge in [0.1, 0.15) is 0 Å². The molecule has 0 unspecified atom stereocenters. The second-order valence-corrected chi connectivity index (χ2v) is 8.40. The zero-order valence-electron chi connectivity index (χ0n) is 12.2. The summed E-state index contributed by atoms with van der Waals surface area (Å²) in [5, 5.41) is 2.87. The summed E-state index contributed by atoms with van der Waals surface area (Å²) in [6.07, 6.45) is 4.00. The molecule has 1 fully saturated rings. The molecule has 0 bridgehead atoms. The van der Waals surface area contributed by atoms with Crippen molar-refractivity contribution in [3.8, 4) is 0 Å². The maximum absolute atomic E-state index is 12.2. The van der Waals surface area contributed by atoms with Gasteiger partial charge in [0.15, 0.2) is 0 Å². The highest BCUT2D eigenvalue weighted by atomic mass is 35.7. The lowest BCUT2D eigenvalue weighted by Crippen LogP contribution is -2.26.